The predicted molar refractivity (Wildman–Crippen MR) is 92.3 cm³/mol. The highest BCUT2D eigenvalue weighted by Crippen LogP contribution is 2.59. The third-order valence-electron chi connectivity index (χ3n) is 6.06. The van der Waals surface area contributed by atoms with Crippen LogP contribution in [0.15, 0.2) is 18.2 Å². The second-order valence-electron chi connectivity index (χ2n) is 7.76. The van der Waals surface area contributed by atoms with Gasteiger partial charge < -0.3 is 20.1 Å². The molecule has 24 heavy (non-hydrogen) atoms. The SMILES string of the molecule is CC(NC(C)C1CC2(CCC2)C1)C(=O)Nc1ccc2c(c1)OCO2. The Hall–Kier alpha value is -1.75. The van der Waals surface area contributed by atoms with E-state index in [1.54, 1.807) is 0 Å². The molecule has 5 nitrogen and oxygen atoms in total. The van der Waals surface area contributed by atoms with Crippen molar-refractivity contribution in [1.29, 1.82) is 0 Å². The Morgan fingerprint density at radius 3 is 2.67 bits per heavy atom. The van der Waals surface area contributed by atoms with Crippen molar-refractivity contribution in [2.24, 2.45) is 11.3 Å². The molecule has 2 fully saturated rings. The second kappa shape index (κ2) is 5.96. The van der Waals surface area contributed by atoms with E-state index in [4.69, 9.17) is 9.47 Å². The van der Waals surface area contributed by atoms with Crippen LogP contribution in [0.4, 0.5) is 5.69 Å². The van der Waals surface area contributed by atoms with E-state index in [-0.39, 0.29) is 18.7 Å². The first kappa shape index (κ1) is 15.8. The van der Waals surface area contributed by atoms with Crippen molar-refractivity contribution in [3.8, 4) is 11.5 Å². The Balaban J connectivity index is 1.28. The molecule has 3 aliphatic rings. The minimum Gasteiger partial charge on any atom is -0.454 e. The van der Waals surface area contributed by atoms with Gasteiger partial charge in [0.05, 0.1) is 6.04 Å². The summed E-state index contributed by atoms with van der Waals surface area (Å²) in [5, 5.41) is 6.43. The number of nitrogens with one attached hydrogen (secondary N) is 2. The summed E-state index contributed by atoms with van der Waals surface area (Å²) in [5.74, 6) is 2.11. The lowest BCUT2D eigenvalue weighted by Crippen LogP contribution is -2.53. The summed E-state index contributed by atoms with van der Waals surface area (Å²) in [5.41, 5.74) is 1.42. The highest BCUT2D eigenvalue weighted by molar-refractivity contribution is 5.94. The molecule has 2 N–H and O–H groups in total. The molecule has 2 saturated carbocycles. The predicted octanol–water partition coefficient (Wildman–Crippen LogP) is 3.30. The summed E-state index contributed by atoms with van der Waals surface area (Å²) >= 11 is 0. The first-order valence-electron chi connectivity index (χ1n) is 9.01. The highest BCUT2D eigenvalue weighted by Gasteiger charge is 2.49. The van der Waals surface area contributed by atoms with Crippen LogP contribution in [0.1, 0.15) is 46.0 Å². The molecule has 1 aliphatic heterocycles. The van der Waals surface area contributed by atoms with Crippen LogP contribution in [-0.2, 0) is 4.79 Å². The normalized spacial score (nSPS) is 23.2. The van der Waals surface area contributed by atoms with E-state index in [0.29, 0.717) is 23.1 Å². The van der Waals surface area contributed by atoms with E-state index < -0.39 is 0 Å². The summed E-state index contributed by atoms with van der Waals surface area (Å²) in [4.78, 5) is 12.4. The Bertz CT molecular complexity index is 633. The molecular formula is C19H26N2O3. The molecule has 2 aliphatic carbocycles. The van der Waals surface area contributed by atoms with E-state index >= 15 is 0 Å². The number of carbonyl (C=O) groups excluding carboxylic acids is 1. The van der Waals surface area contributed by atoms with Crippen molar-refractivity contribution in [3.05, 3.63) is 18.2 Å². The van der Waals surface area contributed by atoms with E-state index in [0.717, 1.165) is 11.4 Å². The van der Waals surface area contributed by atoms with Crippen molar-refractivity contribution < 1.29 is 14.3 Å². The molecule has 0 radical (unpaired) electrons. The highest BCUT2D eigenvalue weighted by atomic mass is 16.7. The average molecular weight is 330 g/mol. The van der Waals surface area contributed by atoms with Crippen LogP contribution in [0, 0.1) is 11.3 Å². The van der Waals surface area contributed by atoms with Crippen LogP contribution in [0.3, 0.4) is 0 Å². The van der Waals surface area contributed by atoms with E-state index in [9.17, 15) is 4.79 Å². The van der Waals surface area contributed by atoms with Crippen molar-refractivity contribution in [3.63, 3.8) is 0 Å². The van der Waals surface area contributed by atoms with E-state index in [1.807, 2.05) is 25.1 Å². The first-order valence-corrected chi connectivity index (χ1v) is 9.01. The minimum atomic E-state index is -0.219. The molecule has 0 aromatic heterocycles. The van der Waals surface area contributed by atoms with Gasteiger partial charge in [0.1, 0.15) is 0 Å². The average Bonchev–Trinajstić information content (AvgIpc) is 2.91. The molecule has 2 unspecified atom stereocenters. The summed E-state index contributed by atoms with van der Waals surface area (Å²) in [6.45, 7) is 4.38. The molecule has 0 saturated heterocycles. The zero-order chi connectivity index (χ0) is 16.7. The van der Waals surface area contributed by atoms with Gasteiger partial charge in [0, 0.05) is 17.8 Å². The van der Waals surface area contributed by atoms with Gasteiger partial charge in [-0.15, -0.1) is 0 Å². The number of ether oxygens (including phenoxy) is 2. The van der Waals surface area contributed by atoms with Gasteiger partial charge in [-0.3, -0.25) is 4.79 Å². The van der Waals surface area contributed by atoms with Gasteiger partial charge >= 0.3 is 0 Å². The number of fused-ring (bicyclic) bond motifs is 1. The molecule has 1 aromatic rings. The summed E-state index contributed by atoms with van der Waals surface area (Å²) in [6, 6.07) is 5.64. The Morgan fingerprint density at radius 1 is 1.21 bits per heavy atom. The van der Waals surface area contributed by atoms with Crippen LogP contribution in [0.5, 0.6) is 11.5 Å². The molecule has 1 heterocycles. The fourth-order valence-electron chi connectivity index (χ4n) is 4.32. The van der Waals surface area contributed by atoms with Crippen molar-refractivity contribution in [2.45, 2.75) is 58.0 Å². The number of carbonyl (C=O) groups is 1. The maximum absolute atomic E-state index is 12.4. The van der Waals surface area contributed by atoms with Gasteiger partial charge in [-0.1, -0.05) is 6.42 Å². The standard InChI is InChI=1S/C19H26N2O3/c1-12(14-9-19(10-14)6-3-7-19)20-13(2)18(22)21-15-4-5-16-17(8-15)24-11-23-16/h4-5,8,12-14,20H,3,6-7,9-11H2,1-2H3,(H,21,22). The van der Waals surface area contributed by atoms with Gasteiger partial charge in [-0.2, -0.15) is 0 Å². The Kier molecular flexibility index (Phi) is 3.91. The molecule has 1 aromatic carbocycles. The molecule has 4 rings (SSSR count). The number of amides is 1. The molecule has 1 spiro atoms. The molecular weight excluding hydrogens is 304 g/mol. The van der Waals surface area contributed by atoms with Crippen LogP contribution in [0.25, 0.3) is 0 Å². The summed E-state index contributed by atoms with van der Waals surface area (Å²) < 4.78 is 10.6. The molecule has 1 amide bonds. The smallest absolute Gasteiger partial charge is 0.241 e. The van der Waals surface area contributed by atoms with Crippen molar-refractivity contribution in [1.82, 2.24) is 5.32 Å². The minimum absolute atomic E-state index is 0.0154. The van der Waals surface area contributed by atoms with E-state index in [2.05, 4.69) is 17.6 Å². The molecule has 5 heteroatoms. The Labute approximate surface area is 143 Å². The zero-order valence-electron chi connectivity index (χ0n) is 14.4. The van der Waals surface area contributed by atoms with Gasteiger partial charge in [0.15, 0.2) is 11.5 Å². The van der Waals surface area contributed by atoms with Crippen molar-refractivity contribution in [2.75, 3.05) is 12.1 Å². The zero-order valence-corrected chi connectivity index (χ0v) is 14.4. The maximum Gasteiger partial charge on any atom is 0.241 e. The van der Waals surface area contributed by atoms with Crippen molar-refractivity contribution >= 4 is 11.6 Å². The molecule has 0 bridgehead atoms. The maximum atomic E-state index is 12.4. The van der Waals surface area contributed by atoms with Crippen LogP contribution in [-0.4, -0.2) is 24.8 Å². The van der Waals surface area contributed by atoms with Gasteiger partial charge in [-0.25, -0.2) is 0 Å². The lowest BCUT2D eigenvalue weighted by molar-refractivity contribution is -0.118. The van der Waals surface area contributed by atoms with Crippen LogP contribution >= 0.6 is 0 Å². The van der Waals surface area contributed by atoms with Gasteiger partial charge in [0.2, 0.25) is 12.7 Å². The number of anilines is 1. The van der Waals surface area contributed by atoms with E-state index in [1.165, 1.54) is 32.1 Å². The summed E-state index contributed by atoms with van der Waals surface area (Å²) in [7, 11) is 0. The first-order chi connectivity index (χ1) is 11.5. The monoisotopic (exact) mass is 330 g/mol. The lowest BCUT2D eigenvalue weighted by atomic mass is 9.50. The number of hydrogen-bond acceptors (Lipinski definition) is 4. The second-order valence-corrected chi connectivity index (χ2v) is 7.76. The van der Waals surface area contributed by atoms with Gasteiger partial charge in [0.25, 0.3) is 0 Å². The van der Waals surface area contributed by atoms with Crippen LogP contribution in [0.2, 0.25) is 0 Å². The third kappa shape index (κ3) is 2.86. The lowest BCUT2D eigenvalue weighted by Gasteiger charge is -2.56. The number of hydrogen-bond donors (Lipinski definition) is 2. The Morgan fingerprint density at radius 2 is 1.96 bits per heavy atom. The topological polar surface area (TPSA) is 59.6 Å². The third-order valence-corrected chi connectivity index (χ3v) is 6.06. The quantitative estimate of drug-likeness (QED) is 0.870. The van der Waals surface area contributed by atoms with Crippen LogP contribution < -0.4 is 20.1 Å². The fraction of sp³-hybridized carbons (Fsp3) is 0.632. The fourth-order valence-corrected chi connectivity index (χ4v) is 4.32. The van der Waals surface area contributed by atoms with Gasteiger partial charge in [-0.05, 0) is 63.0 Å². The molecule has 2 atom stereocenters. The largest absolute Gasteiger partial charge is 0.454 e. The number of rotatable bonds is 5. The number of benzene rings is 1. The molecule has 130 valence electrons. The summed E-state index contributed by atoms with van der Waals surface area (Å²) in [6.07, 6.45) is 6.89.